The van der Waals surface area contributed by atoms with E-state index < -0.39 is 0 Å². The number of hydrogen-bond donors (Lipinski definition) is 0. The molecule has 0 spiro atoms. The van der Waals surface area contributed by atoms with Gasteiger partial charge in [0.25, 0.3) is 0 Å². The predicted octanol–water partition coefficient (Wildman–Crippen LogP) is 0.517. The molecule has 1 saturated heterocycles. The molecule has 0 radical (unpaired) electrons. The fourth-order valence-corrected chi connectivity index (χ4v) is 2.07. The molecule has 0 unspecified atom stereocenters. The van der Waals surface area contributed by atoms with Gasteiger partial charge in [-0.1, -0.05) is 12.2 Å². The molecular formula is C8H14N2. The van der Waals surface area contributed by atoms with Gasteiger partial charge in [-0.3, -0.25) is 9.80 Å². The number of rotatable bonds is 0. The second-order valence-corrected chi connectivity index (χ2v) is 3.36. The molecule has 2 rings (SSSR count). The molecule has 0 aromatic carbocycles. The summed E-state index contributed by atoms with van der Waals surface area (Å²) in [6.45, 7) is 2.28. The first kappa shape index (κ1) is 6.38. The van der Waals surface area contributed by atoms with Crippen molar-refractivity contribution in [3.8, 4) is 0 Å². The quantitative estimate of drug-likeness (QED) is 0.450. The smallest absolute Gasteiger partial charge is 0.0818 e. The maximum atomic E-state index is 2.41. The van der Waals surface area contributed by atoms with Gasteiger partial charge in [0.15, 0.2) is 0 Å². The van der Waals surface area contributed by atoms with Crippen LogP contribution in [0.4, 0.5) is 0 Å². The molecule has 0 saturated carbocycles. The summed E-state index contributed by atoms with van der Waals surface area (Å²) in [5, 5.41) is 0. The van der Waals surface area contributed by atoms with Crippen LogP contribution < -0.4 is 0 Å². The average Bonchev–Trinajstić information content (AvgIpc) is 2.34. The van der Waals surface area contributed by atoms with Crippen LogP contribution in [0.25, 0.3) is 0 Å². The Morgan fingerprint density at radius 2 is 1.80 bits per heavy atom. The summed E-state index contributed by atoms with van der Waals surface area (Å²) in [5.74, 6) is 0. The van der Waals surface area contributed by atoms with Gasteiger partial charge in [0, 0.05) is 12.1 Å². The Labute approximate surface area is 62.1 Å². The first-order valence-electron chi connectivity index (χ1n) is 3.84. The lowest BCUT2D eigenvalue weighted by Gasteiger charge is -2.22. The van der Waals surface area contributed by atoms with Crippen molar-refractivity contribution in [2.24, 2.45) is 0 Å². The molecule has 10 heavy (non-hydrogen) atoms. The molecule has 2 aliphatic rings. The van der Waals surface area contributed by atoms with Crippen molar-refractivity contribution in [2.75, 3.05) is 14.1 Å². The second-order valence-electron chi connectivity index (χ2n) is 3.36. The highest BCUT2D eigenvalue weighted by Crippen LogP contribution is 2.30. The monoisotopic (exact) mass is 138 g/mol. The van der Waals surface area contributed by atoms with Crippen molar-refractivity contribution in [2.45, 2.75) is 25.2 Å². The van der Waals surface area contributed by atoms with E-state index in [0.717, 1.165) is 0 Å². The summed E-state index contributed by atoms with van der Waals surface area (Å²) in [6, 6.07) is 1.36. The summed E-state index contributed by atoms with van der Waals surface area (Å²) >= 11 is 0. The lowest BCUT2D eigenvalue weighted by Crippen LogP contribution is -2.34. The summed E-state index contributed by atoms with van der Waals surface area (Å²) in [5.41, 5.74) is 0. The van der Waals surface area contributed by atoms with Gasteiger partial charge in [-0.2, -0.15) is 0 Å². The van der Waals surface area contributed by atoms with Crippen molar-refractivity contribution >= 4 is 0 Å². The molecule has 1 fully saturated rings. The van der Waals surface area contributed by atoms with Gasteiger partial charge in [0.05, 0.1) is 6.17 Å². The molecule has 2 nitrogen and oxygen atoms in total. The van der Waals surface area contributed by atoms with Crippen molar-refractivity contribution in [1.82, 2.24) is 9.80 Å². The Morgan fingerprint density at radius 1 is 1.10 bits per heavy atom. The number of nitrogens with zero attached hydrogens (tertiary/aromatic N) is 2. The molecule has 2 heterocycles. The van der Waals surface area contributed by atoms with Gasteiger partial charge in [0.1, 0.15) is 0 Å². The minimum absolute atomic E-state index is 0.569. The summed E-state index contributed by atoms with van der Waals surface area (Å²) in [4.78, 5) is 4.81. The van der Waals surface area contributed by atoms with E-state index in [1.807, 2.05) is 0 Å². The fraction of sp³-hybridized carbons (Fsp3) is 0.750. The van der Waals surface area contributed by atoms with E-state index in [2.05, 4.69) is 43.0 Å². The van der Waals surface area contributed by atoms with E-state index in [9.17, 15) is 0 Å². The van der Waals surface area contributed by atoms with E-state index in [1.165, 1.54) is 0 Å². The Bertz CT molecular complexity index is 158. The summed E-state index contributed by atoms with van der Waals surface area (Å²) in [6.07, 6.45) is 5.17. The number of likely N-dealkylation sites (N-methyl/N-ethyl adjacent to an activating group) is 2. The van der Waals surface area contributed by atoms with Crippen molar-refractivity contribution in [1.29, 1.82) is 0 Å². The lowest BCUT2D eigenvalue weighted by molar-refractivity contribution is 0.224. The molecule has 0 aromatic heterocycles. The van der Waals surface area contributed by atoms with Crippen LogP contribution in [0.5, 0.6) is 0 Å². The van der Waals surface area contributed by atoms with E-state index in [0.29, 0.717) is 18.2 Å². The first-order chi connectivity index (χ1) is 4.72. The van der Waals surface area contributed by atoms with Gasteiger partial charge in [-0.05, 0) is 21.0 Å². The first-order valence-corrected chi connectivity index (χ1v) is 3.84. The van der Waals surface area contributed by atoms with E-state index >= 15 is 0 Å². The zero-order valence-electron chi connectivity index (χ0n) is 6.78. The van der Waals surface area contributed by atoms with E-state index in [4.69, 9.17) is 0 Å². The topological polar surface area (TPSA) is 6.48 Å². The molecule has 0 aromatic rings. The summed E-state index contributed by atoms with van der Waals surface area (Å²) in [7, 11) is 4.38. The zero-order valence-corrected chi connectivity index (χ0v) is 6.78. The van der Waals surface area contributed by atoms with Gasteiger partial charge < -0.3 is 0 Å². The van der Waals surface area contributed by atoms with E-state index in [-0.39, 0.29) is 0 Å². The molecule has 2 aliphatic heterocycles. The van der Waals surface area contributed by atoms with Crippen LogP contribution in [-0.2, 0) is 0 Å². The van der Waals surface area contributed by atoms with Gasteiger partial charge >= 0.3 is 0 Å². The Kier molecular flexibility index (Phi) is 1.17. The number of hydrogen-bond acceptors (Lipinski definition) is 2. The standard InChI is InChI=1S/C8H14N2/c1-6-7-4-5-8(9(6)2)10(7)3/h4-8H,1-3H3/t6-,7-,8+/m1/s1. The SMILES string of the molecule is C[C@@H]1[C@H]2C=C[C@@H](N1C)N2C. The van der Waals surface area contributed by atoms with Gasteiger partial charge in [-0.25, -0.2) is 0 Å². The van der Waals surface area contributed by atoms with Crippen LogP contribution in [0.1, 0.15) is 6.92 Å². The maximum absolute atomic E-state index is 2.41. The minimum Gasteiger partial charge on any atom is -0.283 e. The molecule has 0 N–H and O–H groups in total. The minimum atomic E-state index is 0.569. The highest BCUT2D eigenvalue weighted by atomic mass is 15.4. The number of fused-ring (bicyclic) bond motifs is 2. The molecular weight excluding hydrogens is 124 g/mol. The maximum Gasteiger partial charge on any atom is 0.0818 e. The highest BCUT2D eigenvalue weighted by Gasteiger charge is 2.41. The second kappa shape index (κ2) is 1.83. The Balaban J connectivity index is 2.30. The van der Waals surface area contributed by atoms with Crippen LogP contribution in [0.15, 0.2) is 12.2 Å². The largest absolute Gasteiger partial charge is 0.283 e. The fourth-order valence-electron chi connectivity index (χ4n) is 2.07. The van der Waals surface area contributed by atoms with Gasteiger partial charge in [-0.15, -0.1) is 0 Å². The third kappa shape index (κ3) is 0.559. The normalized spacial score (nSPS) is 47.3. The molecule has 56 valence electrons. The van der Waals surface area contributed by atoms with Crippen LogP contribution >= 0.6 is 0 Å². The average molecular weight is 138 g/mol. The highest BCUT2D eigenvalue weighted by molar-refractivity contribution is 5.17. The van der Waals surface area contributed by atoms with Crippen molar-refractivity contribution in [3.63, 3.8) is 0 Å². The van der Waals surface area contributed by atoms with Crippen LogP contribution in [-0.4, -0.2) is 42.1 Å². The van der Waals surface area contributed by atoms with Crippen LogP contribution in [0, 0.1) is 0 Å². The van der Waals surface area contributed by atoms with Crippen molar-refractivity contribution in [3.05, 3.63) is 12.2 Å². The Morgan fingerprint density at radius 3 is 2.10 bits per heavy atom. The summed E-state index contributed by atoms with van der Waals surface area (Å²) < 4.78 is 0. The molecule has 2 bridgehead atoms. The van der Waals surface area contributed by atoms with E-state index in [1.54, 1.807) is 0 Å². The Hall–Kier alpha value is -0.340. The molecule has 2 heteroatoms. The third-order valence-corrected chi connectivity index (χ3v) is 2.92. The molecule has 0 aliphatic carbocycles. The van der Waals surface area contributed by atoms with Gasteiger partial charge in [0.2, 0.25) is 0 Å². The molecule has 3 atom stereocenters. The zero-order chi connectivity index (χ0) is 7.30. The van der Waals surface area contributed by atoms with Crippen LogP contribution in [0.2, 0.25) is 0 Å². The molecule has 0 amide bonds. The van der Waals surface area contributed by atoms with Crippen LogP contribution in [0.3, 0.4) is 0 Å². The predicted molar refractivity (Wildman–Crippen MR) is 41.7 cm³/mol. The lowest BCUT2D eigenvalue weighted by atomic mass is 10.1. The third-order valence-electron chi connectivity index (χ3n) is 2.92. The van der Waals surface area contributed by atoms with Crippen molar-refractivity contribution < 1.29 is 0 Å².